The number of carbonyl (C=O) groups is 3. The Hall–Kier alpha value is -4.60. The highest BCUT2D eigenvalue weighted by Crippen LogP contribution is 2.36. The Morgan fingerprint density at radius 1 is 0.806 bits per heavy atom. The molecule has 3 aromatic carbocycles. The van der Waals surface area contributed by atoms with Crippen molar-refractivity contribution < 1.29 is 32.0 Å². The molecular formula is C26H20F3N3O4. The van der Waals surface area contributed by atoms with E-state index in [4.69, 9.17) is 4.42 Å². The number of benzene rings is 3. The second-order valence-electron chi connectivity index (χ2n) is 7.81. The zero-order valence-electron chi connectivity index (χ0n) is 18.7. The minimum Gasteiger partial charge on any atom is -0.459 e. The van der Waals surface area contributed by atoms with Crippen LogP contribution in [0.3, 0.4) is 0 Å². The molecule has 4 aromatic rings. The van der Waals surface area contributed by atoms with Crippen molar-refractivity contribution in [3.8, 4) is 0 Å². The molecule has 36 heavy (non-hydrogen) atoms. The van der Waals surface area contributed by atoms with Gasteiger partial charge >= 0.3 is 6.18 Å². The van der Waals surface area contributed by atoms with Crippen LogP contribution in [-0.2, 0) is 11.0 Å². The summed E-state index contributed by atoms with van der Waals surface area (Å²) in [6.45, 7) is -0.0733. The third kappa shape index (κ3) is 5.90. The third-order valence-corrected chi connectivity index (χ3v) is 5.25. The van der Waals surface area contributed by atoms with E-state index in [1.807, 2.05) is 24.3 Å². The zero-order valence-corrected chi connectivity index (χ0v) is 18.7. The Labute approximate surface area is 203 Å². The number of nitrogens with one attached hydrogen (secondary N) is 3. The SMILES string of the molecule is O=C(CCNC(=O)c1ccc2ccccc2c1)Nc1ccc(NC(=O)c2ccco2)cc1C(F)(F)F. The molecule has 0 bridgehead atoms. The summed E-state index contributed by atoms with van der Waals surface area (Å²) in [6.07, 6.45) is -3.77. The van der Waals surface area contributed by atoms with Crippen molar-refractivity contribution in [2.24, 2.45) is 0 Å². The quantitative estimate of drug-likeness (QED) is 0.317. The normalized spacial score (nSPS) is 11.2. The van der Waals surface area contributed by atoms with Gasteiger partial charge in [0.1, 0.15) is 0 Å². The summed E-state index contributed by atoms with van der Waals surface area (Å²) in [6, 6.07) is 18.5. The van der Waals surface area contributed by atoms with Crippen molar-refractivity contribution in [2.75, 3.05) is 17.2 Å². The lowest BCUT2D eigenvalue weighted by Crippen LogP contribution is -2.28. The smallest absolute Gasteiger partial charge is 0.418 e. The number of hydrogen-bond acceptors (Lipinski definition) is 4. The lowest BCUT2D eigenvalue weighted by molar-refractivity contribution is -0.136. The standard InChI is InChI=1S/C26H20F3N3O4/c27-26(28,29)20-15-19(31-25(35)22-6-3-13-36-22)9-10-21(20)32-23(33)11-12-30-24(34)18-8-7-16-4-1-2-5-17(16)14-18/h1-10,13-15H,11-12H2,(H,30,34)(H,31,35)(H,32,33). The van der Waals surface area contributed by atoms with E-state index in [0.717, 1.165) is 22.9 Å². The van der Waals surface area contributed by atoms with E-state index in [1.165, 1.54) is 24.5 Å². The maximum absolute atomic E-state index is 13.6. The summed E-state index contributed by atoms with van der Waals surface area (Å²) >= 11 is 0. The molecule has 0 saturated carbocycles. The summed E-state index contributed by atoms with van der Waals surface area (Å²) in [5.41, 5.74) is -1.32. The van der Waals surface area contributed by atoms with Crippen LogP contribution in [0.1, 0.15) is 32.9 Å². The molecule has 0 spiro atoms. The van der Waals surface area contributed by atoms with Crippen molar-refractivity contribution in [2.45, 2.75) is 12.6 Å². The van der Waals surface area contributed by atoms with Crippen LogP contribution in [0.25, 0.3) is 10.8 Å². The van der Waals surface area contributed by atoms with Gasteiger partial charge in [-0.3, -0.25) is 14.4 Å². The molecule has 4 rings (SSSR count). The molecular weight excluding hydrogens is 475 g/mol. The first-order valence-corrected chi connectivity index (χ1v) is 10.8. The van der Waals surface area contributed by atoms with Crippen LogP contribution < -0.4 is 16.0 Å². The highest BCUT2D eigenvalue weighted by molar-refractivity contribution is 6.02. The second-order valence-corrected chi connectivity index (χ2v) is 7.81. The van der Waals surface area contributed by atoms with Crippen LogP contribution in [0.2, 0.25) is 0 Å². The number of halogens is 3. The first kappa shape index (κ1) is 24.5. The summed E-state index contributed by atoms with van der Waals surface area (Å²) < 4.78 is 45.7. The predicted octanol–water partition coefficient (Wildman–Crippen LogP) is 5.46. The molecule has 0 aliphatic carbocycles. The Bertz CT molecular complexity index is 1420. The van der Waals surface area contributed by atoms with Gasteiger partial charge in [-0.05, 0) is 53.2 Å². The van der Waals surface area contributed by atoms with Gasteiger partial charge in [0.05, 0.1) is 17.5 Å². The molecule has 0 radical (unpaired) electrons. The van der Waals surface area contributed by atoms with Crippen molar-refractivity contribution in [3.05, 3.63) is 95.9 Å². The van der Waals surface area contributed by atoms with E-state index in [0.29, 0.717) is 5.56 Å². The molecule has 0 aliphatic rings. The number of furan rings is 1. The summed E-state index contributed by atoms with van der Waals surface area (Å²) in [7, 11) is 0. The zero-order chi connectivity index (χ0) is 25.7. The van der Waals surface area contributed by atoms with Crippen LogP contribution in [0, 0.1) is 0 Å². The van der Waals surface area contributed by atoms with Gasteiger partial charge in [-0.15, -0.1) is 0 Å². The van der Waals surface area contributed by atoms with Gasteiger partial charge < -0.3 is 20.4 Å². The van der Waals surface area contributed by atoms with Crippen LogP contribution in [0.15, 0.2) is 83.5 Å². The number of hydrogen-bond donors (Lipinski definition) is 3. The van der Waals surface area contributed by atoms with Gasteiger partial charge in [0.15, 0.2) is 5.76 Å². The lowest BCUT2D eigenvalue weighted by Gasteiger charge is -2.16. The molecule has 0 atom stereocenters. The molecule has 3 amide bonds. The third-order valence-electron chi connectivity index (χ3n) is 5.25. The monoisotopic (exact) mass is 495 g/mol. The number of carbonyl (C=O) groups excluding carboxylic acids is 3. The lowest BCUT2D eigenvalue weighted by atomic mass is 10.1. The highest BCUT2D eigenvalue weighted by atomic mass is 19.4. The fraction of sp³-hybridized carbons (Fsp3) is 0.115. The first-order chi connectivity index (χ1) is 17.2. The van der Waals surface area contributed by atoms with E-state index in [9.17, 15) is 27.6 Å². The van der Waals surface area contributed by atoms with Gasteiger partial charge in [0.25, 0.3) is 11.8 Å². The fourth-order valence-corrected chi connectivity index (χ4v) is 3.50. The number of amides is 3. The maximum Gasteiger partial charge on any atom is 0.418 e. The van der Waals surface area contributed by atoms with Gasteiger partial charge in [0.2, 0.25) is 5.91 Å². The van der Waals surface area contributed by atoms with E-state index in [1.54, 1.807) is 18.2 Å². The molecule has 0 fully saturated rings. The number of anilines is 2. The fourth-order valence-electron chi connectivity index (χ4n) is 3.50. The van der Waals surface area contributed by atoms with Gasteiger partial charge in [-0.1, -0.05) is 30.3 Å². The molecule has 0 aliphatic heterocycles. The van der Waals surface area contributed by atoms with Crippen molar-refractivity contribution >= 4 is 39.9 Å². The molecule has 3 N–H and O–H groups in total. The van der Waals surface area contributed by atoms with Gasteiger partial charge in [0, 0.05) is 24.2 Å². The minimum absolute atomic E-state index is 0.0633. The summed E-state index contributed by atoms with van der Waals surface area (Å²) in [5, 5.41) is 8.98. The minimum atomic E-state index is -4.79. The largest absolute Gasteiger partial charge is 0.459 e. The molecule has 10 heteroatoms. The van der Waals surface area contributed by atoms with E-state index in [-0.39, 0.29) is 24.4 Å². The van der Waals surface area contributed by atoms with Crippen LogP contribution >= 0.6 is 0 Å². The molecule has 0 unspecified atom stereocenters. The summed E-state index contributed by atoms with van der Waals surface area (Å²) in [4.78, 5) is 36.7. The summed E-state index contributed by atoms with van der Waals surface area (Å²) in [5.74, 6) is -1.90. The predicted molar refractivity (Wildman–Crippen MR) is 128 cm³/mol. The van der Waals surface area contributed by atoms with Crippen LogP contribution in [0.4, 0.5) is 24.5 Å². The first-order valence-electron chi connectivity index (χ1n) is 10.8. The number of rotatable bonds is 7. The van der Waals surface area contributed by atoms with Crippen molar-refractivity contribution in [1.82, 2.24) is 5.32 Å². The number of alkyl halides is 3. The average molecular weight is 495 g/mol. The van der Waals surface area contributed by atoms with Gasteiger partial charge in [-0.2, -0.15) is 13.2 Å². The topological polar surface area (TPSA) is 100 Å². The maximum atomic E-state index is 13.6. The van der Waals surface area contributed by atoms with E-state index < -0.39 is 35.1 Å². The second kappa shape index (κ2) is 10.3. The Balaban J connectivity index is 1.36. The molecule has 1 heterocycles. The van der Waals surface area contributed by atoms with Crippen LogP contribution in [-0.4, -0.2) is 24.3 Å². The van der Waals surface area contributed by atoms with Crippen molar-refractivity contribution in [1.29, 1.82) is 0 Å². The average Bonchev–Trinajstić information content (AvgIpc) is 3.39. The van der Waals surface area contributed by atoms with Crippen molar-refractivity contribution in [3.63, 3.8) is 0 Å². The molecule has 0 saturated heterocycles. The van der Waals surface area contributed by atoms with Crippen LogP contribution in [0.5, 0.6) is 0 Å². The van der Waals surface area contributed by atoms with E-state index in [2.05, 4.69) is 16.0 Å². The molecule has 1 aromatic heterocycles. The molecule has 7 nitrogen and oxygen atoms in total. The molecule has 184 valence electrons. The Morgan fingerprint density at radius 2 is 1.58 bits per heavy atom. The Kier molecular flexibility index (Phi) is 7.05. The van der Waals surface area contributed by atoms with E-state index >= 15 is 0 Å². The number of fused-ring (bicyclic) bond motifs is 1. The Morgan fingerprint density at radius 3 is 2.31 bits per heavy atom. The van der Waals surface area contributed by atoms with Gasteiger partial charge in [-0.25, -0.2) is 0 Å². The highest BCUT2D eigenvalue weighted by Gasteiger charge is 2.34.